The van der Waals surface area contributed by atoms with Gasteiger partial charge in [-0.2, -0.15) is 0 Å². The Labute approximate surface area is 122 Å². The van der Waals surface area contributed by atoms with Crippen molar-refractivity contribution in [2.75, 3.05) is 13.7 Å². The molecule has 21 heavy (non-hydrogen) atoms. The van der Waals surface area contributed by atoms with Gasteiger partial charge in [0, 0.05) is 25.8 Å². The number of aryl methyl sites for hydroxylation is 1. The standard InChI is InChI=1S/C15H19N3O3/c1-21-15(20)7-4-10-16-14(19)9-8-13-17-11-5-2-3-6-12(11)18-13/h2-3,5-6H,4,7-10H2,1H3,(H,16,19)(H,17,18). The van der Waals surface area contributed by atoms with Crippen LogP contribution in [0.25, 0.3) is 11.0 Å². The van der Waals surface area contributed by atoms with Gasteiger partial charge in [0.1, 0.15) is 5.82 Å². The fraction of sp³-hybridized carbons (Fsp3) is 0.400. The van der Waals surface area contributed by atoms with Crippen molar-refractivity contribution < 1.29 is 14.3 Å². The summed E-state index contributed by atoms with van der Waals surface area (Å²) in [4.78, 5) is 30.2. The number of fused-ring (bicyclic) bond motifs is 1. The third-order valence-electron chi connectivity index (χ3n) is 3.13. The molecule has 1 aromatic heterocycles. The van der Waals surface area contributed by atoms with Crippen LogP contribution in [0, 0.1) is 0 Å². The second kappa shape index (κ2) is 7.42. The number of nitrogens with zero attached hydrogens (tertiary/aromatic N) is 1. The van der Waals surface area contributed by atoms with E-state index in [4.69, 9.17) is 0 Å². The van der Waals surface area contributed by atoms with Crippen molar-refractivity contribution >= 4 is 22.9 Å². The van der Waals surface area contributed by atoms with Gasteiger partial charge in [-0.05, 0) is 18.6 Å². The number of H-pyrrole nitrogens is 1. The molecule has 112 valence electrons. The van der Waals surface area contributed by atoms with E-state index in [1.54, 1.807) is 0 Å². The number of carbonyl (C=O) groups is 2. The highest BCUT2D eigenvalue weighted by Crippen LogP contribution is 2.11. The molecule has 0 unspecified atom stereocenters. The summed E-state index contributed by atoms with van der Waals surface area (Å²) in [5, 5.41) is 2.78. The topological polar surface area (TPSA) is 84.1 Å². The average Bonchev–Trinajstić information content (AvgIpc) is 2.92. The maximum Gasteiger partial charge on any atom is 0.305 e. The Morgan fingerprint density at radius 2 is 2.10 bits per heavy atom. The lowest BCUT2D eigenvalue weighted by Gasteiger charge is -2.03. The summed E-state index contributed by atoms with van der Waals surface area (Å²) >= 11 is 0. The number of esters is 1. The molecule has 2 aromatic rings. The zero-order valence-electron chi connectivity index (χ0n) is 12.0. The number of imidazole rings is 1. The van der Waals surface area contributed by atoms with Gasteiger partial charge in [-0.15, -0.1) is 0 Å². The molecule has 1 amide bonds. The number of carbonyl (C=O) groups excluding carboxylic acids is 2. The number of aromatic amines is 1. The van der Waals surface area contributed by atoms with Crippen molar-refractivity contribution in [2.45, 2.75) is 25.7 Å². The zero-order chi connectivity index (χ0) is 15.1. The van der Waals surface area contributed by atoms with Crippen LogP contribution in [-0.2, 0) is 20.7 Å². The van der Waals surface area contributed by atoms with Crippen LogP contribution in [0.4, 0.5) is 0 Å². The fourth-order valence-electron chi connectivity index (χ4n) is 2.01. The number of benzene rings is 1. The molecule has 0 saturated heterocycles. The van der Waals surface area contributed by atoms with Crippen molar-refractivity contribution in [3.8, 4) is 0 Å². The zero-order valence-corrected chi connectivity index (χ0v) is 12.0. The summed E-state index contributed by atoms with van der Waals surface area (Å²) in [5.74, 6) is 0.507. The molecule has 1 aromatic carbocycles. The molecule has 0 atom stereocenters. The second-order valence-corrected chi connectivity index (χ2v) is 4.73. The second-order valence-electron chi connectivity index (χ2n) is 4.73. The van der Waals surface area contributed by atoms with Gasteiger partial charge in [0.15, 0.2) is 0 Å². The Balaban J connectivity index is 1.70. The maximum atomic E-state index is 11.7. The van der Waals surface area contributed by atoms with Crippen LogP contribution in [0.15, 0.2) is 24.3 Å². The Bertz CT molecular complexity index is 588. The quantitative estimate of drug-likeness (QED) is 0.598. The Kier molecular flexibility index (Phi) is 5.31. The van der Waals surface area contributed by atoms with Crippen LogP contribution in [-0.4, -0.2) is 35.5 Å². The van der Waals surface area contributed by atoms with Gasteiger partial charge in [0.2, 0.25) is 5.91 Å². The molecule has 0 aliphatic rings. The van der Waals surface area contributed by atoms with Crippen molar-refractivity contribution in [2.24, 2.45) is 0 Å². The number of hydrogen-bond acceptors (Lipinski definition) is 4. The van der Waals surface area contributed by atoms with E-state index >= 15 is 0 Å². The summed E-state index contributed by atoms with van der Waals surface area (Å²) in [6.45, 7) is 0.480. The summed E-state index contributed by atoms with van der Waals surface area (Å²) in [7, 11) is 1.36. The van der Waals surface area contributed by atoms with Crippen molar-refractivity contribution in [3.05, 3.63) is 30.1 Å². The Morgan fingerprint density at radius 1 is 1.29 bits per heavy atom. The van der Waals surface area contributed by atoms with Gasteiger partial charge in [-0.3, -0.25) is 9.59 Å². The van der Waals surface area contributed by atoms with Gasteiger partial charge in [0.05, 0.1) is 18.1 Å². The summed E-state index contributed by atoms with van der Waals surface area (Å²) in [6.07, 6.45) is 1.85. The van der Waals surface area contributed by atoms with Crippen LogP contribution < -0.4 is 5.32 Å². The largest absolute Gasteiger partial charge is 0.469 e. The molecule has 6 heteroatoms. The predicted molar refractivity (Wildman–Crippen MR) is 78.7 cm³/mol. The molecule has 0 aliphatic carbocycles. The van der Waals surface area contributed by atoms with Crippen LogP contribution in [0.1, 0.15) is 25.1 Å². The Morgan fingerprint density at radius 3 is 2.86 bits per heavy atom. The van der Waals surface area contributed by atoms with E-state index in [-0.39, 0.29) is 11.9 Å². The summed E-state index contributed by atoms with van der Waals surface area (Å²) < 4.78 is 4.53. The molecule has 2 N–H and O–H groups in total. The monoisotopic (exact) mass is 289 g/mol. The first-order chi connectivity index (χ1) is 10.2. The summed E-state index contributed by atoms with van der Waals surface area (Å²) in [6, 6.07) is 7.76. The highest BCUT2D eigenvalue weighted by Gasteiger charge is 2.06. The first kappa shape index (κ1) is 15.0. The van der Waals surface area contributed by atoms with Crippen LogP contribution >= 0.6 is 0 Å². The van der Waals surface area contributed by atoms with Crippen LogP contribution in [0.3, 0.4) is 0 Å². The highest BCUT2D eigenvalue weighted by atomic mass is 16.5. The molecule has 0 saturated carbocycles. The minimum atomic E-state index is -0.258. The van der Waals surface area contributed by atoms with E-state index in [1.807, 2.05) is 24.3 Å². The maximum absolute atomic E-state index is 11.7. The minimum absolute atomic E-state index is 0.0414. The Hall–Kier alpha value is -2.37. The molecule has 0 radical (unpaired) electrons. The lowest BCUT2D eigenvalue weighted by atomic mass is 10.2. The smallest absolute Gasteiger partial charge is 0.305 e. The number of hydrogen-bond donors (Lipinski definition) is 2. The van der Waals surface area contributed by atoms with E-state index in [9.17, 15) is 9.59 Å². The molecule has 0 aliphatic heterocycles. The number of nitrogens with one attached hydrogen (secondary N) is 2. The van der Waals surface area contributed by atoms with Crippen LogP contribution in [0.2, 0.25) is 0 Å². The number of aromatic nitrogens is 2. The number of amides is 1. The minimum Gasteiger partial charge on any atom is -0.469 e. The first-order valence-corrected chi connectivity index (χ1v) is 6.96. The van der Waals surface area contributed by atoms with Crippen molar-refractivity contribution in [3.63, 3.8) is 0 Å². The van der Waals surface area contributed by atoms with E-state index in [1.165, 1.54) is 7.11 Å². The third kappa shape index (κ3) is 4.59. The molecule has 2 rings (SSSR count). The summed E-state index contributed by atoms with van der Waals surface area (Å²) in [5.41, 5.74) is 1.89. The van der Waals surface area contributed by atoms with Crippen molar-refractivity contribution in [1.29, 1.82) is 0 Å². The van der Waals surface area contributed by atoms with Gasteiger partial charge in [-0.1, -0.05) is 12.1 Å². The van der Waals surface area contributed by atoms with Gasteiger partial charge in [0.25, 0.3) is 0 Å². The van der Waals surface area contributed by atoms with E-state index < -0.39 is 0 Å². The third-order valence-corrected chi connectivity index (χ3v) is 3.13. The predicted octanol–water partition coefficient (Wildman–Crippen LogP) is 1.56. The van der Waals surface area contributed by atoms with Gasteiger partial charge >= 0.3 is 5.97 Å². The SMILES string of the molecule is COC(=O)CCCNC(=O)CCc1nc2ccccc2[nH]1. The molecule has 1 heterocycles. The molecule has 0 fully saturated rings. The molecule has 0 spiro atoms. The number of rotatable bonds is 7. The number of ether oxygens (including phenoxy) is 1. The average molecular weight is 289 g/mol. The molecule has 0 bridgehead atoms. The van der Waals surface area contributed by atoms with Gasteiger partial charge < -0.3 is 15.0 Å². The lowest BCUT2D eigenvalue weighted by Crippen LogP contribution is -2.25. The van der Waals surface area contributed by atoms with Gasteiger partial charge in [-0.25, -0.2) is 4.98 Å². The normalized spacial score (nSPS) is 10.5. The lowest BCUT2D eigenvalue weighted by molar-refractivity contribution is -0.140. The number of methoxy groups -OCH3 is 1. The molecular formula is C15H19N3O3. The fourth-order valence-corrected chi connectivity index (χ4v) is 2.01. The van der Waals surface area contributed by atoms with E-state index in [2.05, 4.69) is 20.0 Å². The van der Waals surface area contributed by atoms with Crippen LogP contribution in [0.5, 0.6) is 0 Å². The highest BCUT2D eigenvalue weighted by molar-refractivity contribution is 5.77. The van der Waals surface area contributed by atoms with Crippen molar-refractivity contribution in [1.82, 2.24) is 15.3 Å². The molecule has 6 nitrogen and oxygen atoms in total. The first-order valence-electron chi connectivity index (χ1n) is 6.96. The van der Waals surface area contributed by atoms with E-state index in [0.717, 1.165) is 16.9 Å². The van der Waals surface area contributed by atoms with E-state index in [0.29, 0.717) is 32.2 Å². The number of para-hydroxylation sites is 2. The molecular weight excluding hydrogens is 270 g/mol.